The number of pyridine rings is 1. The highest BCUT2D eigenvalue weighted by Gasteiger charge is 2.27. The molecule has 8 heteroatoms. The maximum absolute atomic E-state index is 13.9. The Hall–Kier alpha value is -3.55. The third-order valence-corrected chi connectivity index (χ3v) is 5.98. The van der Waals surface area contributed by atoms with E-state index in [9.17, 15) is 13.6 Å². The molecule has 1 aliphatic rings. The summed E-state index contributed by atoms with van der Waals surface area (Å²) >= 11 is 0. The van der Waals surface area contributed by atoms with Crippen LogP contribution < -0.4 is 0 Å². The number of nitrogens with zero attached hydrogens (tertiary/aromatic N) is 4. The minimum atomic E-state index is -0.812. The van der Waals surface area contributed by atoms with Crippen LogP contribution in [0.15, 0.2) is 55.1 Å². The third kappa shape index (κ3) is 3.69. The van der Waals surface area contributed by atoms with Crippen molar-refractivity contribution in [1.82, 2.24) is 24.6 Å². The Morgan fingerprint density at radius 3 is 2.61 bits per heavy atom. The summed E-state index contributed by atoms with van der Waals surface area (Å²) in [5, 5.41) is 7.87. The van der Waals surface area contributed by atoms with Crippen molar-refractivity contribution in [3.8, 4) is 11.3 Å². The highest BCUT2D eigenvalue weighted by molar-refractivity contribution is 5.94. The molecule has 31 heavy (non-hydrogen) atoms. The van der Waals surface area contributed by atoms with Gasteiger partial charge < -0.3 is 9.47 Å². The number of carbonyl (C=O) groups is 1. The van der Waals surface area contributed by atoms with Crippen molar-refractivity contribution in [3.63, 3.8) is 0 Å². The molecule has 1 N–H and O–H groups in total. The zero-order valence-electron chi connectivity index (χ0n) is 16.8. The first-order valence-electron chi connectivity index (χ1n) is 10.3. The second-order valence-corrected chi connectivity index (χ2v) is 7.92. The SMILES string of the molecule is O=C(c1c(F)cccc1F)N1CCC(Cn2ccc3cc(-c4cn[nH]c4)ncc32)CC1. The van der Waals surface area contributed by atoms with Crippen LogP contribution in [0.3, 0.4) is 0 Å². The van der Waals surface area contributed by atoms with E-state index in [2.05, 4.69) is 32.0 Å². The Kier molecular flexibility index (Phi) is 4.97. The lowest BCUT2D eigenvalue weighted by Gasteiger charge is -2.32. The summed E-state index contributed by atoms with van der Waals surface area (Å²) in [6.07, 6.45) is 9.04. The molecule has 3 aromatic heterocycles. The van der Waals surface area contributed by atoms with Gasteiger partial charge in [-0.05, 0) is 43.0 Å². The molecule has 1 amide bonds. The predicted molar refractivity (Wildman–Crippen MR) is 112 cm³/mol. The Morgan fingerprint density at radius 1 is 1.13 bits per heavy atom. The van der Waals surface area contributed by atoms with Crippen LogP contribution in [0.4, 0.5) is 8.78 Å². The van der Waals surface area contributed by atoms with E-state index < -0.39 is 23.1 Å². The Balaban J connectivity index is 1.26. The van der Waals surface area contributed by atoms with E-state index in [1.54, 1.807) is 11.1 Å². The number of amides is 1. The number of piperidine rings is 1. The van der Waals surface area contributed by atoms with Gasteiger partial charge in [0, 0.05) is 43.0 Å². The number of aromatic amines is 1. The highest BCUT2D eigenvalue weighted by Crippen LogP contribution is 2.26. The molecule has 0 atom stereocenters. The molecule has 158 valence electrons. The Morgan fingerprint density at radius 2 is 1.90 bits per heavy atom. The van der Waals surface area contributed by atoms with E-state index in [4.69, 9.17) is 0 Å². The lowest BCUT2D eigenvalue weighted by molar-refractivity contribution is 0.0673. The summed E-state index contributed by atoms with van der Waals surface area (Å²) < 4.78 is 30.1. The van der Waals surface area contributed by atoms with Gasteiger partial charge in [-0.1, -0.05) is 6.07 Å². The molecule has 0 radical (unpaired) electrons. The van der Waals surface area contributed by atoms with E-state index in [1.165, 1.54) is 6.07 Å². The molecule has 1 fully saturated rings. The van der Waals surface area contributed by atoms with Gasteiger partial charge in [-0.15, -0.1) is 0 Å². The molecule has 0 unspecified atom stereocenters. The Bertz CT molecular complexity index is 1210. The fraction of sp³-hybridized carbons (Fsp3) is 0.261. The van der Waals surface area contributed by atoms with Gasteiger partial charge in [-0.25, -0.2) is 8.78 Å². The molecule has 0 saturated carbocycles. The number of hydrogen-bond donors (Lipinski definition) is 1. The van der Waals surface area contributed by atoms with Crippen LogP contribution in [0, 0.1) is 17.6 Å². The van der Waals surface area contributed by atoms with Crippen LogP contribution in [0.1, 0.15) is 23.2 Å². The average molecular weight is 421 g/mol. The molecule has 1 saturated heterocycles. The van der Waals surface area contributed by atoms with Gasteiger partial charge in [0.25, 0.3) is 5.91 Å². The standard InChI is InChI=1S/C23H21F2N5O/c24-18-2-1-3-19(25)22(18)23(31)29-7-4-15(5-8-29)14-30-9-6-16-10-20(26-13-21(16)30)17-11-27-28-12-17/h1-3,6,9-13,15H,4-5,7-8,14H2,(H,27,28). The zero-order chi connectivity index (χ0) is 21.4. The van der Waals surface area contributed by atoms with E-state index in [1.807, 2.05) is 18.5 Å². The quantitative estimate of drug-likeness (QED) is 0.536. The molecule has 4 aromatic rings. The van der Waals surface area contributed by atoms with Crippen molar-refractivity contribution in [2.45, 2.75) is 19.4 Å². The number of H-pyrrole nitrogens is 1. The van der Waals surface area contributed by atoms with Gasteiger partial charge in [0.05, 0.1) is 23.6 Å². The van der Waals surface area contributed by atoms with Gasteiger partial charge >= 0.3 is 0 Å². The number of halogens is 2. The van der Waals surface area contributed by atoms with E-state index in [0.717, 1.165) is 53.7 Å². The van der Waals surface area contributed by atoms with Crippen molar-refractivity contribution < 1.29 is 13.6 Å². The van der Waals surface area contributed by atoms with E-state index >= 15 is 0 Å². The van der Waals surface area contributed by atoms with Crippen LogP contribution in [0.5, 0.6) is 0 Å². The molecule has 4 heterocycles. The molecule has 6 nitrogen and oxygen atoms in total. The first kappa shape index (κ1) is 19.4. The second-order valence-electron chi connectivity index (χ2n) is 7.92. The average Bonchev–Trinajstić information content (AvgIpc) is 3.44. The van der Waals surface area contributed by atoms with Crippen molar-refractivity contribution in [1.29, 1.82) is 0 Å². The van der Waals surface area contributed by atoms with Crippen LogP contribution in [-0.4, -0.2) is 43.6 Å². The highest BCUT2D eigenvalue weighted by atomic mass is 19.1. The zero-order valence-corrected chi connectivity index (χ0v) is 16.8. The summed E-state index contributed by atoms with van der Waals surface area (Å²) in [5.41, 5.74) is 2.40. The maximum atomic E-state index is 13.9. The van der Waals surface area contributed by atoms with Crippen molar-refractivity contribution in [3.05, 3.63) is 72.3 Å². The van der Waals surface area contributed by atoms with Gasteiger partial charge in [0.1, 0.15) is 17.2 Å². The molecule has 1 aliphatic heterocycles. The number of likely N-dealkylation sites (tertiary alicyclic amines) is 1. The molecule has 0 spiro atoms. The van der Waals surface area contributed by atoms with Gasteiger partial charge in [-0.2, -0.15) is 5.10 Å². The molecule has 5 rings (SSSR count). The number of hydrogen-bond acceptors (Lipinski definition) is 3. The Labute approximate surface area is 177 Å². The largest absolute Gasteiger partial charge is 0.346 e. The molecular formula is C23H21F2N5O. The van der Waals surface area contributed by atoms with Gasteiger partial charge in [-0.3, -0.25) is 14.9 Å². The number of fused-ring (bicyclic) bond motifs is 1. The first-order chi connectivity index (χ1) is 15.1. The van der Waals surface area contributed by atoms with Crippen molar-refractivity contribution in [2.75, 3.05) is 13.1 Å². The lowest BCUT2D eigenvalue weighted by atomic mass is 9.96. The summed E-state index contributed by atoms with van der Waals surface area (Å²) in [7, 11) is 0. The van der Waals surface area contributed by atoms with E-state index in [0.29, 0.717) is 19.0 Å². The molecular weight excluding hydrogens is 400 g/mol. The summed E-state index contributed by atoms with van der Waals surface area (Å²) in [4.78, 5) is 18.7. The predicted octanol–water partition coefficient (Wildman–Crippen LogP) is 4.26. The third-order valence-electron chi connectivity index (χ3n) is 5.98. The van der Waals surface area contributed by atoms with E-state index in [-0.39, 0.29) is 0 Å². The topological polar surface area (TPSA) is 66.8 Å². The normalized spacial score (nSPS) is 15.0. The molecule has 0 aliphatic carbocycles. The summed E-state index contributed by atoms with van der Waals surface area (Å²) in [6, 6.07) is 7.61. The van der Waals surface area contributed by atoms with Crippen LogP contribution in [0.25, 0.3) is 22.2 Å². The summed E-state index contributed by atoms with van der Waals surface area (Å²) in [6.45, 7) is 1.78. The van der Waals surface area contributed by atoms with Gasteiger partial charge in [0.15, 0.2) is 0 Å². The lowest BCUT2D eigenvalue weighted by Crippen LogP contribution is -2.40. The minimum Gasteiger partial charge on any atom is -0.346 e. The fourth-order valence-corrected chi connectivity index (χ4v) is 4.25. The fourth-order valence-electron chi connectivity index (χ4n) is 4.25. The van der Waals surface area contributed by atoms with Gasteiger partial charge in [0.2, 0.25) is 0 Å². The number of carbonyl (C=O) groups excluding carboxylic acids is 1. The smallest absolute Gasteiger partial charge is 0.259 e. The maximum Gasteiger partial charge on any atom is 0.259 e. The molecule has 0 bridgehead atoms. The second kappa shape index (κ2) is 7.94. The van der Waals surface area contributed by atoms with Crippen LogP contribution in [0.2, 0.25) is 0 Å². The molecule has 1 aromatic carbocycles. The van der Waals surface area contributed by atoms with Crippen LogP contribution >= 0.6 is 0 Å². The number of aromatic nitrogens is 4. The summed E-state index contributed by atoms with van der Waals surface area (Å²) in [5.74, 6) is -1.82. The monoisotopic (exact) mass is 421 g/mol. The number of nitrogens with one attached hydrogen (secondary N) is 1. The van der Waals surface area contributed by atoms with Crippen LogP contribution in [-0.2, 0) is 6.54 Å². The number of rotatable bonds is 4. The van der Waals surface area contributed by atoms with Crippen molar-refractivity contribution in [2.24, 2.45) is 5.92 Å². The van der Waals surface area contributed by atoms with Crippen molar-refractivity contribution >= 4 is 16.8 Å². The minimum absolute atomic E-state index is 0.374. The first-order valence-corrected chi connectivity index (χ1v) is 10.3. The number of benzene rings is 1.